The molecule has 0 aliphatic carbocycles. The van der Waals surface area contributed by atoms with E-state index in [4.69, 9.17) is 18.0 Å². The maximum Gasteiger partial charge on any atom is 0.254 e. The van der Waals surface area contributed by atoms with E-state index < -0.39 is 0 Å². The highest BCUT2D eigenvalue weighted by Gasteiger charge is 2.13. The monoisotopic (exact) mass is 275 g/mol. The first kappa shape index (κ1) is 13.2. The van der Waals surface area contributed by atoms with Crippen molar-refractivity contribution in [3.05, 3.63) is 47.5 Å². The maximum atomic E-state index is 12.2. The van der Waals surface area contributed by atoms with Crippen LogP contribution in [-0.4, -0.2) is 38.0 Å². The number of nitrogens with zero attached hydrogens (tertiary/aromatic N) is 3. The van der Waals surface area contributed by atoms with E-state index >= 15 is 0 Å². The van der Waals surface area contributed by atoms with Crippen LogP contribution in [0, 0.1) is 0 Å². The van der Waals surface area contributed by atoms with Crippen molar-refractivity contribution in [3.63, 3.8) is 0 Å². The quantitative estimate of drug-likeness (QED) is 0.802. The van der Waals surface area contributed by atoms with Crippen LogP contribution in [0.5, 0.6) is 0 Å². The summed E-state index contributed by atoms with van der Waals surface area (Å²) in [5.74, 6) is 0.496. The molecule has 0 fully saturated rings. The number of rotatable bonds is 4. The highest BCUT2D eigenvalue weighted by molar-refractivity contribution is 7.80. The molecule has 1 aromatic carbocycles. The molecule has 6 nitrogen and oxygen atoms in total. The molecule has 0 saturated heterocycles. The Morgan fingerprint density at radius 1 is 1.47 bits per heavy atom. The Hall–Kier alpha value is -2.28. The van der Waals surface area contributed by atoms with Gasteiger partial charge in [-0.2, -0.15) is 5.10 Å². The van der Waals surface area contributed by atoms with E-state index in [1.165, 1.54) is 6.33 Å². The molecule has 2 rings (SSSR count). The average Bonchev–Trinajstić information content (AvgIpc) is 2.90. The zero-order chi connectivity index (χ0) is 13.8. The molecule has 0 aliphatic heterocycles. The number of H-pyrrole nitrogens is 1. The highest BCUT2D eigenvalue weighted by Crippen LogP contribution is 2.09. The number of carbonyl (C=O) groups excluding carboxylic acids is 1. The first-order valence-corrected chi connectivity index (χ1v) is 5.98. The summed E-state index contributed by atoms with van der Waals surface area (Å²) in [6.45, 7) is 0.357. The summed E-state index contributed by atoms with van der Waals surface area (Å²) in [6, 6.07) is 6.93. The minimum absolute atomic E-state index is 0.130. The number of aromatic amines is 1. The Balaban J connectivity index is 2.14. The predicted octanol–water partition coefficient (Wildman–Crippen LogP) is 0.711. The Morgan fingerprint density at radius 2 is 2.21 bits per heavy atom. The van der Waals surface area contributed by atoms with Crippen molar-refractivity contribution in [1.82, 2.24) is 20.1 Å². The van der Waals surface area contributed by atoms with Crippen LogP contribution in [0.25, 0.3) is 0 Å². The number of thiocarbonyl (C=S) groups is 1. The van der Waals surface area contributed by atoms with Crippen LogP contribution in [0.3, 0.4) is 0 Å². The number of carbonyl (C=O) groups is 1. The molecule has 0 atom stereocenters. The first-order valence-electron chi connectivity index (χ1n) is 5.57. The predicted molar refractivity (Wildman–Crippen MR) is 74.5 cm³/mol. The van der Waals surface area contributed by atoms with Gasteiger partial charge in [-0.3, -0.25) is 9.89 Å². The minimum atomic E-state index is -0.130. The number of aromatic nitrogens is 3. The Morgan fingerprint density at radius 3 is 2.84 bits per heavy atom. The topological polar surface area (TPSA) is 87.9 Å². The lowest BCUT2D eigenvalue weighted by Gasteiger charge is -2.15. The van der Waals surface area contributed by atoms with E-state index in [2.05, 4.69) is 15.2 Å². The summed E-state index contributed by atoms with van der Waals surface area (Å²) in [5, 5.41) is 6.45. The van der Waals surface area contributed by atoms with Crippen LogP contribution < -0.4 is 5.73 Å². The SMILES string of the molecule is CN(Cc1ncn[nH]1)C(=O)c1cccc(C(N)=S)c1. The largest absolute Gasteiger partial charge is 0.389 e. The van der Waals surface area contributed by atoms with Gasteiger partial charge in [0.15, 0.2) is 0 Å². The third-order valence-corrected chi connectivity index (χ3v) is 2.83. The zero-order valence-electron chi connectivity index (χ0n) is 10.3. The molecular formula is C12H13N5OS. The summed E-state index contributed by atoms with van der Waals surface area (Å²) < 4.78 is 0. The van der Waals surface area contributed by atoms with E-state index in [9.17, 15) is 4.79 Å². The zero-order valence-corrected chi connectivity index (χ0v) is 11.1. The van der Waals surface area contributed by atoms with Crippen molar-refractivity contribution >= 4 is 23.1 Å². The Labute approximate surface area is 115 Å². The van der Waals surface area contributed by atoms with Gasteiger partial charge < -0.3 is 10.6 Å². The van der Waals surface area contributed by atoms with Crippen LogP contribution in [0.15, 0.2) is 30.6 Å². The van der Waals surface area contributed by atoms with Gasteiger partial charge in [-0.05, 0) is 12.1 Å². The Bertz CT molecular complexity index is 596. The van der Waals surface area contributed by atoms with E-state index in [-0.39, 0.29) is 10.9 Å². The van der Waals surface area contributed by atoms with Crippen molar-refractivity contribution in [2.75, 3.05) is 7.05 Å². The van der Waals surface area contributed by atoms with Gasteiger partial charge in [0.2, 0.25) is 0 Å². The minimum Gasteiger partial charge on any atom is -0.389 e. The van der Waals surface area contributed by atoms with Gasteiger partial charge in [0, 0.05) is 18.2 Å². The van der Waals surface area contributed by atoms with Crippen molar-refractivity contribution in [3.8, 4) is 0 Å². The first-order chi connectivity index (χ1) is 9.08. The summed E-state index contributed by atoms with van der Waals surface area (Å²) in [6.07, 6.45) is 1.40. The number of hydrogen-bond donors (Lipinski definition) is 2. The van der Waals surface area contributed by atoms with Gasteiger partial charge >= 0.3 is 0 Å². The fourth-order valence-corrected chi connectivity index (χ4v) is 1.76. The highest BCUT2D eigenvalue weighted by atomic mass is 32.1. The molecule has 2 aromatic rings. The van der Waals surface area contributed by atoms with Crippen molar-refractivity contribution in [1.29, 1.82) is 0 Å². The average molecular weight is 275 g/mol. The summed E-state index contributed by atoms with van der Waals surface area (Å²) >= 11 is 4.90. The molecule has 1 aromatic heterocycles. The molecule has 1 amide bonds. The second kappa shape index (κ2) is 5.57. The van der Waals surface area contributed by atoms with Crippen LogP contribution in [0.2, 0.25) is 0 Å². The van der Waals surface area contributed by atoms with Crippen LogP contribution >= 0.6 is 12.2 Å². The van der Waals surface area contributed by atoms with E-state index in [0.717, 1.165) is 0 Å². The third-order valence-electron chi connectivity index (χ3n) is 2.59. The maximum absolute atomic E-state index is 12.2. The summed E-state index contributed by atoms with van der Waals surface area (Å²) in [7, 11) is 1.69. The number of nitrogens with one attached hydrogen (secondary N) is 1. The standard InChI is InChI=1S/C12H13N5OS/c1-17(6-10-14-7-15-16-10)12(18)9-4-2-3-8(5-9)11(13)19/h2-5,7H,6H2,1H3,(H2,13,19)(H,14,15,16). The molecule has 0 radical (unpaired) electrons. The van der Waals surface area contributed by atoms with Crippen LogP contribution in [0.4, 0.5) is 0 Å². The second-order valence-corrected chi connectivity index (χ2v) is 4.48. The smallest absolute Gasteiger partial charge is 0.254 e. The molecule has 1 heterocycles. The fourth-order valence-electron chi connectivity index (χ4n) is 1.63. The lowest BCUT2D eigenvalue weighted by Crippen LogP contribution is -2.27. The molecular weight excluding hydrogens is 262 g/mol. The molecule has 0 saturated carbocycles. The van der Waals surface area contributed by atoms with Gasteiger partial charge in [0.05, 0.1) is 6.54 Å². The number of benzene rings is 1. The molecule has 3 N–H and O–H groups in total. The fraction of sp³-hybridized carbons (Fsp3) is 0.167. The van der Waals surface area contributed by atoms with Gasteiger partial charge in [-0.15, -0.1) is 0 Å². The van der Waals surface area contributed by atoms with Gasteiger partial charge in [-0.1, -0.05) is 24.4 Å². The van der Waals surface area contributed by atoms with Crippen molar-refractivity contribution < 1.29 is 4.79 Å². The lowest BCUT2D eigenvalue weighted by atomic mass is 10.1. The molecule has 0 aliphatic rings. The second-order valence-electron chi connectivity index (χ2n) is 4.04. The van der Waals surface area contributed by atoms with Gasteiger partial charge in [0.25, 0.3) is 5.91 Å². The molecule has 98 valence electrons. The normalized spacial score (nSPS) is 10.2. The summed E-state index contributed by atoms with van der Waals surface area (Å²) in [5.41, 5.74) is 6.76. The molecule has 7 heteroatoms. The van der Waals surface area contributed by atoms with Gasteiger partial charge in [0.1, 0.15) is 17.1 Å². The van der Waals surface area contributed by atoms with Crippen molar-refractivity contribution in [2.45, 2.75) is 6.54 Å². The number of nitrogens with two attached hydrogens (primary N) is 1. The van der Waals surface area contributed by atoms with Crippen LogP contribution in [-0.2, 0) is 6.54 Å². The number of amides is 1. The van der Waals surface area contributed by atoms with E-state index in [1.54, 1.807) is 36.2 Å². The Kier molecular flexibility index (Phi) is 3.86. The van der Waals surface area contributed by atoms with Gasteiger partial charge in [-0.25, -0.2) is 4.98 Å². The molecule has 19 heavy (non-hydrogen) atoms. The molecule has 0 unspecified atom stereocenters. The lowest BCUT2D eigenvalue weighted by molar-refractivity contribution is 0.0781. The number of hydrogen-bond acceptors (Lipinski definition) is 4. The van der Waals surface area contributed by atoms with Crippen LogP contribution in [0.1, 0.15) is 21.7 Å². The summed E-state index contributed by atoms with van der Waals surface area (Å²) in [4.78, 5) is 18.0. The third kappa shape index (κ3) is 3.14. The van der Waals surface area contributed by atoms with E-state index in [1.807, 2.05) is 0 Å². The molecule has 0 spiro atoms. The van der Waals surface area contributed by atoms with E-state index in [0.29, 0.717) is 23.5 Å². The molecule has 0 bridgehead atoms. The van der Waals surface area contributed by atoms with Crippen molar-refractivity contribution in [2.24, 2.45) is 5.73 Å².